The molecule has 0 aliphatic heterocycles. The number of hydrogen-bond donors (Lipinski definition) is 3. The summed E-state index contributed by atoms with van der Waals surface area (Å²) < 4.78 is 11.0. The minimum Gasteiger partial charge on any atom is -0.493 e. The summed E-state index contributed by atoms with van der Waals surface area (Å²) in [7, 11) is 1.55. The lowest BCUT2D eigenvalue weighted by Crippen LogP contribution is -2.21. The SMILES string of the molecule is C=CCc1ccc(OCC(=O)Nc2cccc(NC(=O)Nc3ccccc3)c2)c(OC)c1. The first-order valence-electron chi connectivity index (χ1n) is 10.0. The molecule has 0 unspecified atom stereocenters. The number of amides is 3. The van der Waals surface area contributed by atoms with Crippen LogP contribution in [0.15, 0.2) is 85.5 Å². The zero-order chi connectivity index (χ0) is 22.8. The van der Waals surface area contributed by atoms with Crippen molar-refractivity contribution in [3.63, 3.8) is 0 Å². The van der Waals surface area contributed by atoms with Gasteiger partial charge in [0.15, 0.2) is 18.1 Å². The number of urea groups is 1. The number of benzene rings is 3. The third-order valence-corrected chi connectivity index (χ3v) is 4.40. The van der Waals surface area contributed by atoms with Gasteiger partial charge in [0.05, 0.1) is 7.11 Å². The summed E-state index contributed by atoms with van der Waals surface area (Å²) in [5.74, 6) is 0.685. The number of para-hydroxylation sites is 1. The first-order chi connectivity index (χ1) is 15.6. The molecule has 3 aromatic carbocycles. The fraction of sp³-hybridized carbons (Fsp3) is 0.120. The zero-order valence-electron chi connectivity index (χ0n) is 17.8. The van der Waals surface area contributed by atoms with Crippen LogP contribution in [0.1, 0.15) is 5.56 Å². The molecule has 0 aliphatic carbocycles. The molecule has 3 N–H and O–H groups in total. The fourth-order valence-electron chi connectivity index (χ4n) is 2.95. The van der Waals surface area contributed by atoms with Crippen LogP contribution in [-0.2, 0) is 11.2 Å². The predicted molar refractivity (Wildman–Crippen MR) is 127 cm³/mol. The van der Waals surface area contributed by atoms with Gasteiger partial charge in [-0.1, -0.05) is 36.4 Å². The van der Waals surface area contributed by atoms with Crippen molar-refractivity contribution in [2.75, 3.05) is 29.7 Å². The van der Waals surface area contributed by atoms with Crippen molar-refractivity contribution in [1.82, 2.24) is 0 Å². The van der Waals surface area contributed by atoms with Gasteiger partial charge in [0.25, 0.3) is 5.91 Å². The number of ether oxygens (including phenoxy) is 2. The second-order valence-corrected chi connectivity index (χ2v) is 6.84. The van der Waals surface area contributed by atoms with Crippen molar-refractivity contribution >= 4 is 29.0 Å². The van der Waals surface area contributed by atoms with Crippen molar-refractivity contribution in [3.05, 3.63) is 91.0 Å². The van der Waals surface area contributed by atoms with E-state index in [9.17, 15) is 9.59 Å². The Hall–Kier alpha value is -4.26. The van der Waals surface area contributed by atoms with Gasteiger partial charge in [-0.15, -0.1) is 6.58 Å². The van der Waals surface area contributed by atoms with E-state index < -0.39 is 0 Å². The molecule has 0 saturated carbocycles. The number of hydrogen-bond acceptors (Lipinski definition) is 4. The number of carbonyl (C=O) groups excluding carboxylic acids is 2. The number of nitrogens with one attached hydrogen (secondary N) is 3. The second kappa shape index (κ2) is 11.2. The standard InChI is InChI=1S/C25H25N3O4/c1-3-8-18-13-14-22(23(15-18)31-2)32-17-24(29)26-20-11-7-12-21(16-20)28-25(30)27-19-9-5-4-6-10-19/h3-7,9-16H,1,8,17H2,2H3,(H,26,29)(H2,27,28,30). The average Bonchev–Trinajstić information content (AvgIpc) is 2.79. The van der Waals surface area contributed by atoms with E-state index in [1.807, 2.05) is 30.3 Å². The van der Waals surface area contributed by atoms with E-state index in [1.54, 1.807) is 55.7 Å². The van der Waals surface area contributed by atoms with Gasteiger partial charge in [0, 0.05) is 17.1 Å². The van der Waals surface area contributed by atoms with Crippen molar-refractivity contribution < 1.29 is 19.1 Å². The largest absolute Gasteiger partial charge is 0.493 e. The molecule has 0 aliphatic rings. The van der Waals surface area contributed by atoms with Crippen molar-refractivity contribution in [2.45, 2.75) is 6.42 Å². The Bertz CT molecular complexity index is 1080. The van der Waals surface area contributed by atoms with Crippen LogP contribution in [-0.4, -0.2) is 25.7 Å². The van der Waals surface area contributed by atoms with Gasteiger partial charge in [-0.25, -0.2) is 4.79 Å². The smallest absolute Gasteiger partial charge is 0.323 e. The van der Waals surface area contributed by atoms with Crippen LogP contribution in [0.4, 0.5) is 21.9 Å². The molecule has 7 heteroatoms. The lowest BCUT2D eigenvalue weighted by atomic mass is 10.1. The van der Waals surface area contributed by atoms with E-state index in [0.29, 0.717) is 35.0 Å². The maximum Gasteiger partial charge on any atom is 0.323 e. The Labute approximate surface area is 187 Å². The van der Waals surface area contributed by atoms with E-state index in [2.05, 4.69) is 22.5 Å². The average molecular weight is 431 g/mol. The van der Waals surface area contributed by atoms with E-state index in [-0.39, 0.29) is 18.5 Å². The van der Waals surface area contributed by atoms with Gasteiger partial charge in [-0.2, -0.15) is 0 Å². The quantitative estimate of drug-likeness (QED) is 0.412. The van der Waals surface area contributed by atoms with Crippen molar-refractivity contribution in [2.24, 2.45) is 0 Å². The molecule has 0 fully saturated rings. The summed E-state index contributed by atoms with van der Waals surface area (Å²) in [5, 5.41) is 8.23. The van der Waals surface area contributed by atoms with Crippen molar-refractivity contribution in [1.29, 1.82) is 0 Å². The van der Waals surface area contributed by atoms with Gasteiger partial charge in [-0.3, -0.25) is 4.79 Å². The topological polar surface area (TPSA) is 88.7 Å². The highest BCUT2D eigenvalue weighted by molar-refractivity contribution is 6.00. The number of carbonyl (C=O) groups is 2. The molecule has 0 heterocycles. The molecule has 3 rings (SSSR count). The molecule has 164 valence electrons. The maximum absolute atomic E-state index is 12.3. The normalized spacial score (nSPS) is 10.0. The first-order valence-corrected chi connectivity index (χ1v) is 10.0. The van der Waals surface area contributed by atoms with Crippen LogP contribution in [0.25, 0.3) is 0 Å². The predicted octanol–water partition coefficient (Wildman–Crippen LogP) is 5.09. The maximum atomic E-state index is 12.3. The molecule has 0 bridgehead atoms. The molecule has 0 spiro atoms. The van der Waals surface area contributed by atoms with Crippen LogP contribution < -0.4 is 25.4 Å². The van der Waals surface area contributed by atoms with E-state index in [0.717, 1.165) is 5.56 Å². The van der Waals surface area contributed by atoms with Gasteiger partial charge in [0.1, 0.15) is 0 Å². The highest BCUT2D eigenvalue weighted by atomic mass is 16.5. The van der Waals surface area contributed by atoms with E-state index >= 15 is 0 Å². The van der Waals surface area contributed by atoms with Gasteiger partial charge in [0.2, 0.25) is 0 Å². The summed E-state index contributed by atoms with van der Waals surface area (Å²) in [4.78, 5) is 24.5. The van der Waals surface area contributed by atoms with Crippen LogP contribution in [0.2, 0.25) is 0 Å². The molecular weight excluding hydrogens is 406 g/mol. The highest BCUT2D eigenvalue weighted by Crippen LogP contribution is 2.28. The van der Waals surface area contributed by atoms with E-state index in [4.69, 9.17) is 9.47 Å². The van der Waals surface area contributed by atoms with Crippen LogP contribution in [0.5, 0.6) is 11.5 Å². The molecule has 0 atom stereocenters. The minimum atomic E-state index is -0.380. The lowest BCUT2D eigenvalue weighted by Gasteiger charge is -2.13. The molecular formula is C25H25N3O4. The number of anilines is 3. The first kappa shape index (κ1) is 22.4. The van der Waals surface area contributed by atoms with E-state index in [1.165, 1.54) is 0 Å². The Balaban J connectivity index is 1.54. The van der Waals surface area contributed by atoms with Gasteiger partial charge in [-0.05, 0) is 54.4 Å². The molecule has 32 heavy (non-hydrogen) atoms. The van der Waals surface area contributed by atoms with Crippen LogP contribution >= 0.6 is 0 Å². The van der Waals surface area contributed by atoms with Crippen LogP contribution in [0.3, 0.4) is 0 Å². The van der Waals surface area contributed by atoms with Gasteiger partial charge >= 0.3 is 6.03 Å². The molecule has 0 aromatic heterocycles. The Kier molecular flexibility index (Phi) is 7.86. The Morgan fingerprint density at radius 2 is 1.53 bits per heavy atom. The fourth-order valence-corrected chi connectivity index (χ4v) is 2.95. The Morgan fingerprint density at radius 1 is 0.844 bits per heavy atom. The molecule has 0 radical (unpaired) electrons. The van der Waals surface area contributed by atoms with Crippen molar-refractivity contribution in [3.8, 4) is 11.5 Å². The Morgan fingerprint density at radius 3 is 2.25 bits per heavy atom. The summed E-state index contributed by atoms with van der Waals surface area (Å²) in [6.45, 7) is 3.53. The number of allylic oxidation sites excluding steroid dienone is 1. The summed E-state index contributed by atoms with van der Waals surface area (Å²) in [5.41, 5.74) is 2.79. The summed E-state index contributed by atoms with van der Waals surface area (Å²) in [6.07, 6.45) is 2.52. The highest BCUT2D eigenvalue weighted by Gasteiger charge is 2.10. The molecule has 0 saturated heterocycles. The molecule has 3 amide bonds. The number of methoxy groups -OCH3 is 1. The summed E-state index contributed by atoms with van der Waals surface area (Å²) in [6, 6.07) is 21.1. The summed E-state index contributed by atoms with van der Waals surface area (Å²) >= 11 is 0. The third kappa shape index (κ3) is 6.63. The molecule has 7 nitrogen and oxygen atoms in total. The zero-order valence-corrected chi connectivity index (χ0v) is 17.8. The lowest BCUT2D eigenvalue weighted by molar-refractivity contribution is -0.118. The molecule has 3 aromatic rings. The van der Waals surface area contributed by atoms with Crippen LogP contribution in [0, 0.1) is 0 Å². The second-order valence-electron chi connectivity index (χ2n) is 6.84. The third-order valence-electron chi connectivity index (χ3n) is 4.40. The van der Waals surface area contributed by atoms with Gasteiger partial charge < -0.3 is 25.4 Å². The number of rotatable bonds is 9. The minimum absolute atomic E-state index is 0.191. The monoisotopic (exact) mass is 431 g/mol.